The van der Waals surface area contributed by atoms with Crippen LogP contribution in [0.3, 0.4) is 0 Å². The van der Waals surface area contributed by atoms with E-state index in [1.165, 1.54) is 0 Å². The zero-order chi connectivity index (χ0) is 11.3. The Morgan fingerprint density at radius 2 is 2.07 bits per heavy atom. The lowest BCUT2D eigenvalue weighted by molar-refractivity contribution is -0.427. The number of hydrogen-bond donors (Lipinski definition) is 0. The van der Waals surface area contributed by atoms with Crippen molar-refractivity contribution in [1.29, 1.82) is 0 Å². The van der Waals surface area contributed by atoms with Gasteiger partial charge in [-0.25, -0.2) is 0 Å². The molecule has 1 atom stereocenters. The lowest BCUT2D eigenvalue weighted by Gasteiger charge is -2.05. The van der Waals surface area contributed by atoms with Gasteiger partial charge in [-0.15, -0.1) is 0 Å². The van der Waals surface area contributed by atoms with Crippen molar-refractivity contribution in [2.45, 2.75) is 26.2 Å². The molecule has 0 aliphatic carbocycles. The van der Waals surface area contributed by atoms with E-state index in [-0.39, 0.29) is 16.5 Å². The molecule has 0 fully saturated rings. The van der Waals surface area contributed by atoms with Gasteiger partial charge in [-0.3, -0.25) is 10.1 Å². The fourth-order valence-electron chi connectivity index (χ4n) is 1.45. The molecule has 1 rings (SSSR count). The molecule has 0 aliphatic heterocycles. The third kappa shape index (κ3) is 3.20. The molecule has 0 saturated carbocycles. The van der Waals surface area contributed by atoms with Gasteiger partial charge in [-0.2, -0.15) is 0 Å². The summed E-state index contributed by atoms with van der Waals surface area (Å²) < 4.78 is 0. The Balaban J connectivity index is 2.86. The topological polar surface area (TPSA) is 43.1 Å². The van der Waals surface area contributed by atoms with Crippen LogP contribution >= 0.6 is 0 Å². The number of nitro groups is 1. The fraction of sp³-hybridized carbons (Fsp3) is 0.333. The van der Waals surface area contributed by atoms with Gasteiger partial charge >= 0.3 is 0 Å². The van der Waals surface area contributed by atoms with Crippen LogP contribution < -0.4 is 0 Å². The molecule has 0 spiro atoms. The van der Waals surface area contributed by atoms with E-state index in [0.717, 1.165) is 5.56 Å². The minimum absolute atomic E-state index is 0.0894. The summed E-state index contributed by atoms with van der Waals surface area (Å²) in [7, 11) is 0. The van der Waals surface area contributed by atoms with Gasteiger partial charge in [0.2, 0.25) is 5.70 Å². The summed E-state index contributed by atoms with van der Waals surface area (Å²) in [5, 5.41) is 10.6. The molecule has 0 N–H and O–H groups in total. The minimum Gasteiger partial charge on any atom is -0.259 e. The van der Waals surface area contributed by atoms with E-state index in [1.807, 2.05) is 37.3 Å². The molecule has 0 heterocycles. The van der Waals surface area contributed by atoms with Gasteiger partial charge in [-0.1, -0.05) is 44.2 Å². The molecule has 0 amide bonds. The average molecular weight is 205 g/mol. The van der Waals surface area contributed by atoms with E-state index >= 15 is 0 Å². The molecule has 0 radical (unpaired) electrons. The van der Waals surface area contributed by atoms with Crippen LogP contribution in [0.15, 0.2) is 42.1 Å². The molecule has 3 heteroatoms. The van der Waals surface area contributed by atoms with Crippen molar-refractivity contribution in [2.24, 2.45) is 0 Å². The Hall–Kier alpha value is -1.64. The van der Waals surface area contributed by atoms with Gasteiger partial charge in [0.1, 0.15) is 0 Å². The number of nitrogens with zero attached hydrogens (tertiary/aromatic N) is 1. The number of allylic oxidation sites excluding steroid dienone is 2. The Morgan fingerprint density at radius 1 is 1.47 bits per heavy atom. The molecule has 1 aromatic carbocycles. The first-order chi connectivity index (χ1) is 7.15. The van der Waals surface area contributed by atoms with E-state index in [9.17, 15) is 10.1 Å². The van der Waals surface area contributed by atoms with Crippen LogP contribution in [0.4, 0.5) is 0 Å². The van der Waals surface area contributed by atoms with Crippen molar-refractivity contribution >= 4 is 0 Å². The zero-order valence-electron chi connectivity index (χ0n) is 9.01. The molecule has 1 unspecified atom stereocenters. The van der Waals surface area contributed by atoms with Gasteiger partial charge in [0, 0.05) is 12.3 Å². The number of hydrogen-bond acceptors (Lipinski definition) is 2. The lowest BCUT2D eigenvalue weighted by Crippen LogP contribution is -2.00. The van der Waals surface area contributed by atoms with Gasteiger partial charge in [0.25, 0.3) is 0 Å². The Kier molecular flexibility index (Phi) is 4.03. The molecule has 0 aliphatic rings. The Labute approximate surface area is 89.6 Å². The van der Waals surface area contributed by atoms with Gasteiger partial charge in [-0.05, 0) is 11.6 Å². The molecular formula is C12H15NO2. The molecule has 0 aromatic heterocycles. The fourth-order valence-corrected chi connectivity index (χ4v) is 1.45. The largest absolute Gasteiger partial charge is 0.259 e. The van der Waals surface area contributed by atoms with Crippen LogP contribution in [0.2, 0.25) is 0 Å². The molecule has 80 valence electrons. The van der Waals surface area contributed by atoms with Gasteiger partial charge in [0.15, 0.2) is 0 Å². The second-order valence-electron chi connectivity index (χ2n) is 3.47. The highest BCUT2D eigenvalue weighted by Gasteiger charge is 2.10. The average Bonchev–Trinajstić information content (AvgIpc) is 2.26. The molecule has 15 heavy (non-hydrogen) atoms. The monoisotopic (exact) mass is 205 g/mol. The smallest absolute Gasteiger partial charge is 0.242 e. The van der Waals surface area contributed by atoms with Crippen molar-refractivity contribution < 1.29 is 4.92 Å². The molecule has 0 bridgehead atoms. The van der Waals surface area contributed by atoms with Crippen LogP contribution in [-0.4, -0.2) is 4.92 Å². The van der Waals surface area contributed by atoms with E-state index in [1.54, 1.807) is 13.0 Å². The summed E-state index contributed by atoms with van der Waals surface area (Å²) >= 11 is 0. The highest BCUT2D eigenvalue weighted by Crippen LogP contribution is 2.18. The SMILES string of the molecule is CC/C(=C/C(C)c1ccccc1)[N+](=O)[O-]. The van der Waals surface area contributed by atoms with Crippen LogP contribution in [-0.2, 0) is 0 Å². The minimum atomic E-state index is -0.306. The quantitative estimate of drug-likeness (QED) is 0.558. The van der Waals surface area contributed by atoms with Crippen molar-refractivity contribution in [2.75, 3.05) is 0 Å². The first-order valence-corrected chi connectivity index (χ1v) is 5.05. The number of benzene rings is 1. The standard InChI is InChI=1S/C12H15NO2/c1-3-12(13(14)15)9-10(2)11-7-5-4-6-8-11/h4-10H,3H2,1-2H3/b12-9-. The van der Waals surface area contributed by atoms with Gasteiger partial charge in [0.05, 0.1) is 4.92 Å². The second kappa shape index (κ2) is 5.29. The normalized spacial score (nSPS) is 13.6. The predicted molar refractivity (Wildman–Crippen MR) is 60.2 cm³/mol. The van der Waals surface area contributed by atoms with Crippen LogP contribution in [0.5, 0.6) is 0 Å². The maximum Gasteiger partial charge on any atom is 0.242 e. The maximum atomic E-state index is 10.6. The summed E-state index contributed by atoms with van der Waals surface area (Å²) in [6, 6.07) is 9.78. The van der Waals surface area contributed by atoms with E-state index < -0.39 is 0 Å². The molecule has 3 nitrogen and oxygen atoms in total. The highest BCUT2D eigenvalue weighted by atomic mass is 16.6. The summed E-state index contributed by atoms with van der Waals surface area (Å²) in [5.74, 6) is 0.0894. The van der Waals surface area contributed by atoms with Crippen LogP contribution in [0.25, 0.3) is 0 Å². The second-order valence-corrected chi connectivity index (χ2v) is 3.47. The first-order valence-electron chi connectivity index (χ1n) is 5.05. The first kappa shape index (κ1) is 11.4. The van der Waals surface area contributed by atoms with Crippen LogP contribution in [0, 0.1) is 10.1 Å². The Bertz CT molecular complexity index is 357. The maximum absolute atomic E-state index is 10.6. The van der Waals surface area contributed by atoms with Crippen molar-refractivity contribution in [1.82, 2.24) is 0 Å². The zero-order valence-corrected chi connectivity index (χ0v) is 9.01. The summed E-state index contributed by atoms with van der Waals surface area (Å²) in [6.07, 6.45) is 2.18. The van der Waals surface area contributed by atoms with Crippen molar-refractivity contribution in [3.05, 3.63) is 57.8 Å². The summed E-state index contributed by atoms with van der Waals surface area (Å²) in [5.41, 5.74) is 1.39. The molecular weight excluding hydrogens is 190 g/mol. The number of rotatable bonds is 4. The van der Waals surface area contributed by atoms with Crippen molar-refractivity contribution in [3.8, 4) is 0 Å². The van der Waals surface area contributed by atoms with Crippen molar-refractivity contribution in [3.63, 3.8) is 0 Å². The molecule has 1 aromatic rings. The third-order valence-corrected chi connectivity index (χ3v) is 2.36. The molecule has 0 saturated heterocycles. The lowest BCUT2D eigenvalue weighted by atomic mass is 10.00. The predicted octanol–water partition coefficient (Wildman–Crippen LogP) is 3.36. The highest BCUT2D eigenvalue weighted by molar-refractivity contribution is 5.23. The summed E-state index contributed by atoms with van der Waals surface area (Å²) in [6.45, 7) is 3.76. The van der Waals surface area contributed by atoms with Gasteiger partial charge < -0.3 is 0 Å². The summed E-state index contributed by atoms with van der Waals surface area (Å²) in [4.78, 5) is 10.3. The van der Waals surface area contributed by atoms with E-state index in [4.69, 9.17) is 0 Å². The Morgan fingerprint density at radius 3 is 2.53 bits per heavy atom. The van der Waals surface area contributed by atoms with E-state index in [2.05, 4.69) is 0 Å². The third-order valence-electron chi connectivity index (χ3n) is 2.36. The van der Waals surface area contributed by atoms with Crippen LogP contribution in [0.1, 0.15) is 31.7 Å². The van der Waals surface area contributed by atoms with E-state index in [0.29, 0.717) is 6.42 Å².